The summed E-state index contributed by atoms with van der Waals surface area (Å²) in [5.41, 5.74) is 0.467. The number of rotatable bonds is 8. The molecule has 0 aromatic heterocycles. The van der Waals surface area contributed by atoms with E-state index < -0.39 is 0 Å². The molecule has 1 fully saturated rings. The Morgan fingerprint density at radius 1 is 1.00 bits per heavy atom. The van der Waals surface area contributed by atoms with Gasteiger partial charge in [-0.1, -0.05) is 27.7 Å². The number of nitrogens with zero attached hydrogens (tertiary/aromatic N) is 2. The molecule has 0 aromatic carbocycles. The zero-order chi connectivity index (χ0) is 14.3. The molecule has 0 saturated carbocycles. The second-order valence-corrected chi connectivity index (χ2v) is 6.71. The summed E-state index contributed by atoms with van der Waals surface area (Å²) in [4.78, 5) is 5.31. The van der Waals surface area contributed by atoms with E-state index in [1.54, 1.807) is 0 Å². The predicted molar refractivity (Wildman–Crippen MR) is 84.7 cm³/mol. The Balaban J connectivity index is 2.42. The monoisotopic (exact) mass is 269 g/mol. The summed E-state index contributed by atoms with van der Waals surface area (Å²) in [7, 11) is 2.08. The van der Waals surface area contributed by atoms with Gasteiger partial charge >= 0.3 is 0 Å². The Labute approximate surface area is 120 Å². The summed E-state index contributed by atoms with van der Waals surface area (Å²) in [6, 6.07) is 0. The molecule has 1 heterocycles. The van der Waals surface area contributed by atoms with Crippen LogP contribution < -0.4 is 5.32 Å². The summed E-state index contributed by atoms with van der Waals surface area (Å²) in [6.45, 7) is 18.0. The number of hydrogen-bond acceptors (Lipinski definition) is 3. The summed E-state index contributed by atoms with van der Waals surface area (Å²) in [5, 5.41) is 3.40. The van der Waals surface area contributed by atoms with E-state index in [-0.39, 0.29) is 0 Å². The van der Waals surface area contributed by atoms with Gasteiger partial charge in [-0.15, -0.1) is 0 Å². The highest BCUT2D eigenvalue weighted by Crippen LogP contribution is 2.27. The van der Waals surface area contributed by atoms with Crippen molar-refractivity contribution in [2.75, 3.05) is 52.9 Å². The van der Waals surface area contributed by atoms with Crippen molar-refractivity contribution in [3.63, 3.8) is 0 Å². The minimum absolute atomic E-state index is 0.467. The van der Waals surface area contributed by atoms with Gasteiger partial charge in [0.1, 0.15) is 0 Å². The molecule has 0 radical (unpaired) electrons. The largest absolute Gasteiger partial charge is 0.319 e. The molecule has 3 nitrogen and oxygen atoms in total. The first kappa shape index (κ1) is 16.9. The van der Waals surface area contributed by atoms with Crippen molar-refractivity contribution in [2.45, 2.75) is 40.5 Å². The van der Waals surface area contributed by atoms with Crippen molar-refractivity contribution in [1.82, 2.24) is 15.1 Å². The van der Waals surface area contributed by atoms with Gasteiger partial charge in [0, 0.05) is 45.8 Å². The van der Waals surface area contributed by atoms with Crippen LogP contribution in [0, 0.1) is 11.3 Å². The molecule has 1 saturated heterocycles. The molecule has 1 N–H and O–H groups in total. The lowest BCUT2D eigenvalue weighted by atomic mass is 9.81. The molecular weight excluding hydrogens is 234 g/mol. The number of piperazine rings is 1. The highest BCUT2D eigenvalue weighted by molar-refractivity contribution is 4.84. The number of nitrogens with one attached hydrogen (secondary N) is 1. The van der Waals surface area contributed by atoms with Gasteiger partial charge in [0.25, 0.3) is 0 Å². The number of hydrogen-bond donors (Lipinski definition) is 1. The molecule has 0 spiro atoms. The van der Waals surface area contributed by atoms with Crippen molar-refractivity contribution in [3.8, 4) is 0 Å². The first-order valence-corrected chi connectivity index (χ1v) is 8.14. The quantitative estimate of drug-likeness (QED) is 0.729. The van der Waals surface area contributed by atoms with E-state index in [0.29, 0.717) is 5.41 Å². The lowest BCUT2D eigenvalue weighted by molar-refractivity contribution is 0.0744. The molecule has 0 aromatic rings. The minimum Gasteiger partial charge on any atom is -0.319 e. The summed E-state index contributed by atoms with van der Waals surface area (Å²) in [5.74, 6) is 0.793. The summed E-state index contributed by atoms with van der Waals surface area (Å²) < 4.78 is 0. The molecule has 0 unspecified atom stereocenters. The molecule has 3 heteroatoms. The zero-order valence-electron chi connectivity index (χ0n) is 13.8. The second kappa shape index (κ2) is 8.23. The normalized spacial score (nSPS) is 19.3. The third-order valence-electron chi connectivity index (χ3n) is 4.70. The average molecular weight is 269 g/mol. The Bertz CT molecular complexity index is 228. The van der Waals surface area contributed by atoms with Crippen molar-refractivity contribution in [2.24, 2.45) is 11.3 Å². The third kappa shape index (κ3) is 5.41. The first-order chi connectivity index (χ1) is 9.05. The summed E-state index contributed by atoms with van der Waals surface area (Å²) in [6.07, 6.45) is 2.55. The standard InChI is InChI=1S/C16H35N3/c1-6-16(7-2,13-17-5)14-19-10-8-18(9-11-19)12-15(3)4/h15,17H,6-14H2,1-5H3. The van der Waals surface area contributed by atoms with Crippen molar-refractivity contribution < 1.29 is 0 Å². The molecule has 0 amide bonds. The van der Waals surface area contributed by atoms with Crippen LogP contribution >= 0.6 is 0 Å². The maximum atomic E-state index is 3.40. The van der Waals surface area contributed by atoms with E-state index in [1.165, 1.54) is 52.1 Å². The van der Waals surface area contributed by atoms with Crippen LogP contribution in [-0.4, -0.2) is 62.7 Å². The van der Waals surface area contributed by atoms with Gasteiger partial charge in [-0.3, -0.25) is 0 Å². The minimum atomic E-state index is 0.467. The molecule has 0 atom stereocenters. The van der Waals surface area contributed by atoms with Gasteiger partial charge in [-0.05, 0) is 31.2 Å². The smallest absolute Gasteiger partial charge is 0.0110 e. The Morgan fingerprint density at radius 3 is 1.95 bits per heavy atom. The Morgan fingerprint density at radius 2 is 1.53 bits per heavy atom. The van der Waals surface area contributed by atoms with E-state index >= 15 is 0 Å². The van der Waals surface area contributed by atoms with Gasteiger partial charge in [0.15, 0.2) is 0 Å². The fourth-order valence-electron chi connectivity index (χ4n) is 3.28. The van der Waals surface area contributed by atoms with Crippen molar-refractivity contribution in [1.29, 1.82) is 0 Å². The molecule has 114 valence electrons. The lowest BCUT2D eigenvalue weighted by Crippen LogP contribution is -2.51. The van der Waals surface area contributed by atoms with Gasteiger partial charge in [-0.25, -0.2) is 0 Å². The third-order valence-corrected chi connectivity index (χ3v) is 4.70. The predicted octanol–water partition coefficient (Wildman–Crippen LogP) is 2.29. The van der Waals surface area contributed by atoms with E-state index in [4.69, 9.17) is 0 Å². The van der Waals surface area contributed by atoms with Gasteiger partial charge in [0.2, 0.25) is 0 Å². The van der Waals surface area contributed by atoms with Crippen LogP contribution in [-0.2, 0) is 0 Å². The Kier molecular flexibility index (Phi) is 7.33. The van der Waals surface area contributed by atoms with Crippen LogP contribution in [0.4, 0.5) is 0 Å². The first-order valence-electron chi connectivity index (χ1n) is 8.14. The van der Waals surface area contributed by atoms with Crippen LogP contribution in [0.2, 0.25) is 0 Å². The highest BCUT2D eigenvalue weighted by Gasteiger charge is 2.29. The molecule has 0 aliphatic carbocycles. The van der Waals surface area contributed by atoms with Crippen LogP contribution in [0.3, 0.4) is 0 Å². The fourth-order valence-corrected chi connectivity index (χ4v) is 3.28. The van der Waals surface area contributed by atoms with E-state index in [0.717, 1.165) is 12.5 Å². The van der Waals surface area contributed by atoms with Crippen molar-refractivity contribution in [3.05, 3.63) is 0 Å². The molecule has 1 aliphatic rings. The molecular formula is C16H35N3. The van der Waals surface area contributed by atoms with E-state index in [9.17, 15) is 0 Å². The fraction of sp³-hybridized carbons (Fsp3) is 1.00. The summed E-state index contributed by atoms with van der Waals surface area (Å²) >= 11 is 0. The average Bonchev–Trinajstić information content (AvgIpc) is 2.40. The molecule has 1 aliphatic heterocycles. The topological polar surface area (TPSA) is 18.5 Å². The molecule has 19 heavy (non-hydrogen) atoms. The lowest BCUT2D eigenvalue weighted by Gasteiger charge is -2.41. The van der Waals surface area contributed by atoms with Gasteiger partial charge < -0.3 is 15.1 Å². The van der Waals surface area contributed by atoms with Crippen LogP contribution in [0.5, 0.6) is 0 Å². The van der Waals surface area contributed by atoms with Crippen LogP contribution in [0.25, 0.3) is 0 Å². The molecule has 0 bridgehead atoms. The van der Waals surface area contributed by atoms with Crippen LogP contribution in [0.1, 0.15) is 40.5 Å². The zero-order valence-corrected chi connectivity index (χ0v) is 13.8. The van der Waals surface area contributed by atoms with E-state index in [1.807, 2.05) is 0 Å². The van der Waals surface area contributed by atoms with E-state index in [2.05, 4.69) is 49.9 Å². The van der Waals surface area contributed by atoms with Gasteiger partial charge in [0.05, 0.1) is 0 Å². The van der Waals surface area contributed by atoms with Crippen LogP contribution in [0.15, 0.2) is 0 Å². The van der Waals surface area contributed by atoms with Crippen molar-refractivity contribution >= 4 is 0 Å². The Hall–Kier alpha value is -0.120. The highest BCUT2D eigenvalue weighted by atomic mass is 15.3. The maximum absolute atomic E-state index is 3.40. The SMILES string of the molecule is CCC(CC)(CNC)CN1CCN(CC(C)C)CC1. The maximum Gasteiger partial charge on any atom is 0.0110 e. The molecule has 1 rings (SSSR count). The van der Waals surface area contributed by atoms with Gasteiger partial charge in [-0.2, -0.15) is 0 Å². The second-order valence-electron chi connectivity index (χ2n) is 6.71.